The lowest BCUT2D eigenvalue weighted by atomic mass is 10.2. The summed E-state index contributed by atoms with van der Waals surface area (Å²) < 4.78 is 18.7. The fourth-order valence-corrected chi connectivity index (χ4v) is 2.63. The molecule has 0 aliphatic heterocycles. The summed E-state index contributed by atoms with van der Waals surface area (Å²) in [7, 11) is 0. The number of amides is 3. The summed E-state index contributed by atoms with van der Waals surface area (Å²) in [5, 5.41) is 6.36. The number of hydrogen-bond donors (Lipinski definition) is 2. The maximum atomic E-state index is 13.6. The van der Waals surface area contributed by atoms with Gasteiger partial charge in [-0.05, 0) is 29.6 Å². The van der Waals surface area contributed by atoms with Crippen molar-refractivity contribution < 1.29 is 23.5 Å². The highest BCUT2D eigenvalue weighted by Crippen LogP contribution is 2.16. The van der Waals surface area contributed by atoms with E-state index in [2.05, 4.69) is 26.0 Å². The van der Waals surface area contributed by atoms with Crippen LogP contribution in [0.3, 0.4) is 0 Å². The number of esters is 1. The van der Waals surface area contributed by atoms with Gasteiger partial charge in [0.2, 0.25) is 0 Å². The number of thiophene rings is 1. The van der Waals surface area contributed by atoms with Crippen molar-refractivity contribution in [1.82, 2.24) is 10.6 Å². The Balaban J connectivity index is 1.75. The molecule has 2 N–H and O–H groups in total. The number of rotatable bonds is 5. The zero-order chi connectivity index (χ0) is 17.5. The monoisotopic (exact) mass is 414 g/mol. The predicted molar refractivity (Wildman–Crippen MR) is 89.1 cm³/mol. The second kappa shape index (κ2) is 8.55. The SMILES string of the molecule is O=C(COC(=O)c1ccc(Br)cc1F)NC(=O)NCc1cccs1. The van der Waals surface area contributed by atoms with Crippen LogP contribution < -0.4 is 10.6 Å². The van der Waals surface area contributed by atoms with Gasteiger partial charge < -0.3 is 10.1 Å². The molecule has 0 aliphatic rings. The van der Waals surface area contributed by atoms with Gasteiger partial charge in [0.05, 0.1) is 12.1 Å². The molecule has 0 aliphatic carbocycles. The number of hydrogen-bond acceptors (Lipinski definition) is 5. The Morgan fingerprint density at radius 1 is 1.25 bits per heavy atom. The third-order valence-electron chi connectivity index (χ3n) is 2.74. The lowest BCUT2D eigenvalue weighted by molar-refractivity contribution is -0.123. The smallest absolute Gasteiger partial charge is 0.341 e. The van der Waals surface area contributed by atoms with E-state index in [1.54, 1.807) is 0 Å². The van der Waals surface area contributed by atoms with Gasteiger partial charge in [-0.1, -0.05) is 22.0 Å². The molecule has 0 spiro atoms. The van der Waals surface area contributed by atoms with Crippen LogP contribution in [0.4, 0.5) is 9.18 Å². The number of carbonyl (C=O) groups excluding carboxylic acids is 3. The van der Waals surface area contributed by atoms with Crippen molar-refractivity contribution in [3.8, 4) is 0 Å². The highest BCUT2D eigenvalue weighted by Gasteiger charge is 2.16. The van der Waals surface area contributed by atoms with Gasteiger partial charge in [0, 0.05) is 9.35 Å². The minimum absolute atomic E-state index is 0.278. The van der Waals surface area contributed by atoms with E-state index in [0.29, 0.717) is 4.47 Å². The van der Waals surface area contributed by atoms with Crippen molar-refractivity contribution in [1.29, 1.82) is 0 Å². The minimum Gasteiger partial charge on any atom is -0.452 e. The molecule has 1 aromatic heterocycles. The molecule has 0 bridgehead atoms. The van der Waals surface area contributed by atoms with E-state index >= 15 is 0 Å². The number of ether oxygens (including phenoxy) is 1. The van der Waals surface area contributed by atoms with Crippen molar-refractivity contribution in [2.24, 2.45) is 0 Å². The third kappa shape index (κ3) is 5.43. The van der Waals surface area contributed by atoms with Crippen LogP contribution in [0.2, 0.25) is 0 Å². The molecule has 6 nitrogen and oxygen atoms in total. The maximum Gasteiger partial charge on any atom is 0.341 e. The van der Waals surface area contributed by atoms with Crippen molar-refractivity contribution in [3.63, 3.8) is 0 Å². The molecular formula is C15H12BrFN2O4S. The second-order valence-corrected chi connectivity index (χ2v) is 6.46. The Morgan fingerprint density at radius 2 is 2.04 bits per heavy atom. The van der Waals surface area contributed by atoms with E-state index in [1.165, 1.54) is 23.5 Å². The maximum absolute atomic E-state index is 13.6. The quantitative estimate of drug-likeness (QED) is 0.736. The Morgan fingerprint density at radius 3 is 2.71 bits per heavy atom. The van der Waals surface area contributed by atoms with Crippen LogP contribution in [-0.4, -0.2) is 24.5 Å². The van der Waals surface area contributed by atoms with Gasteiger partial charge in [0.25, 0.3) is 5.91 Å². The zero-order valence-electron chi connectivity index (χ0n) is 12.2. The van der Waals surface area contributed by atoms with Crippen LogP contribution >= 0.6 is 27.3 Å². The Labute approximate surface area is 149 Å². The summed E-state index contributed by atoms with van der Waals surface area (Å²) in [4.78, 5) is 35.7. The number of urea groups is 1. The fraction of sp³-hybridized carbons (Fsp3) is 0.133. The summed E-state index contributed by atoms with van der Waals surface area (Å²) >= 11 is 4.53. The largest absolute Gasteiger partial charge is 0.452 e. The summed E-state index contributed by atoms with van der Waals surface area (Å²) in [5.41, 5.74) is -0.298. The molecule has 24 heavy (non-hydrogen) atoms. The summed E-state index contributed by atoms with van der Waals surface area (Å²) in [6, 6.07) is 6.77. The number of nitrogens with one attached hydrogen (secondary N) is 2. The van der Waals surface area contributed by atoms with Crippen LogP contribution in [0, 0.1) is 5.82 Å². The fourth-order valence-electron chi connectivity index (χ4n) is 1.65. The Kier molecular flexibility index (Phi) is 6.44. The molecule has 2 aromatic rings. The van der Waals surface area contributed by atoms with Gasteiger partial charge in [-0.3, -0.25) is 10.1 Å². The lowest BCUT2D eigenvalue weighted by Crippen LogP contribution is -2.41. The van der Waals surface area contributed by atoms with Crippen molar-refractivity contribution >= 4 is 45.2 Å². The molecule has 2 rings (SSSR count). The molecule has 1 aromatic carbocycles. The van der Waals surface area contributed by atoms with Crippen molar-refractivity contribution in [3.05, 3.63) is 56.4 Å². The molecule has 0 unspecified atom stereocenters. The first-order valence-corrected chi connectivity index (χ1v) is 8.35. The predicted octanol–water partition coefficient (Wildman–Crippen LogP) is 2.83. The molecular weight excluding hydrogens is 403 g/mol. The molecule has 0 saturated heterocycles. The van der Waals surface area contributed by atoms with E-state index < -0.39 is 30.3 Å². The average Bonchev–Trinajstić information content (AvgIpc) is 3.04. The normalized spacial score (nSPS) is 10.1. The molecule has 9 heteroatoms. The van der Waals surface area contributed by atoms with Gasteiger partial charge in [0.1, 0.15) is 5.82 Å². The van der Waals surface area contributed by atoms with Crippen LogP contribution in [0.5, 0.6) is 0 Å². The van der Waals surface area contributed by atoms with Gasteiger partial charge in [-0.25, -0.2) is 14.0 Å². The van der Waals surface area contributed by atoms with Crippen molar-refractivity contribution in [2.45, 2.75) is 6.54 Å². The van der Waals surface area contributed by atoms with Crippen LogP contribution in [0.1, 0.15) is 15.2 Å². The summed E-state index contributed by atoms with van der Waals surface area (Å²) in [6.07, 6.45) is 0. The van der Waals surface area contributed by atoms with Gasteiger partial charge >= 0.3 is 12.0 Å². The number of carbonyl (C=O) groups is 3. The topological polar surface area (TPSA) is 84.5 Å². The third-order valence-corrected chi connectivity index (χ3v) is 4.11. The first kappa shape index (κ1) is 18.1. The molecule has 126 valence electrons. The number of imide groups is 1. The summed E-state index contributed by atoms with van der Waals surface area (Å²) in [6.45, 7) is -0.415. The molecule has 1 heterocycles. The standard InChI is InChI=1S/C15H12BrFN2O4S/c16-9-3-4-11(12(17)6-9)14(21)23-8-13(20)19-15(22)18-7-10-2-1-5-24-10/h1-6H,7-8H2,(H2,18,19,20,22). The lowest BCUT2D eigenvalue weighted by Gasteiger charge is -2.07. The highest BCUT2D eigenvalue weighted by molar-refractivity contribution is 9.10. The van der Waals surface area contributed by atoms with Gasteiger partial charge in [-0.15, -0.1) is 11.3 Å². The highest BCUT2D eigenvalue weighted by atomic mass is 79.9. The van der Waals surface area contributed by atoms with Crippen LogP contribution in [-0.2, 0) is 16.1 Å². The number of halogens is 2. The first-order valence-electron chi connectivity index (χ1n) is 6.68. The van der Waals surface area contributed by atoms with Gasteiger partial charge in [0.15, 0.2) is 6.61 Å². The Hall–Kier alpha value is -2.26. The number of benzene rings is 1. The van der Waals surface area contributed by atoms with Crippen LogP contribution in [0.15, 0.2) is 40.2 Å². The van der Waals surface area contributed by atoms with E-state index in [1.807, 2.05) is 22.8 Å². The molecule has 0 saturated carbocycles. The first-order chi connectivity index (χ1) is 11.5. The van der Waals surface area contributed by atoms with Crippen molar-refractivity contribution in [2.75, 3.05) is 6.61 Å². The summed E-state index contributed by atoms with van der Waals surface area (Å²) in [5.74, 6) is -2.58. The van der Waals surface area contributed by atoms with E-state index in [-0.39, 0.29) is 12.1 Å². The molecule has 0 radical (unpaired) electrons. The minimum atomic E-state index is -0.992. The second-order valence-electron chi connectivity index (χ2n) is 4.51. The van der Waals surface area contributed by atoms with E-state index in [0.717, 1.165) is 10.9 Å². The van der Waals surface area contributed by atoms with E-state index in [4.69, 9.17) is 0 Å². The average molecular weight is 415 g/mol. The molecule has 0 fully saturated rings. The molecule has 3 amide bonds. The Bertz CT molecular complexity index is 752. The van der Waals surface area contributed by atoms with E-state index in [9.17, 15) is 18.8 Å². The zero-order valence-corrected chi connectivity index (χ0v) is 14.6. The van der Waals surface area contributed by atoms with Gasteiger partial charge in [-0.2, -0.15) is 0 Å². The van der Waals surface area contributed by atoms with Crippen LogP contribution in [0.25, 0.3) is 0 Å². The molecule has 0 atom stereocenters.